The van der Waals surface area contributed by atoms with E-state index in [1.54, 1.807) is 0 Å². The van der Waals surface area contributed by atoms with Crippen LogP contribution in [0, 0.1) is 52.3 Å². The zero-order chi connectivity index (χ0) is 20.1. The van der Waals surface area contributed by atoms with Crippen LogP contribution in [0.4, 0.5) is 0 Å². The summed E-state index contributed by atoms with van der Waals surface area (Å²) in [7, 11) is 0. The fraction of sp³-hybridized carbons (Fsp3) is 1.00. The van der Waals surface area contributed by atoms with Crippen molar-refractivity contribution in [3.63, 3.8) is 0 Å². The highest BCUT2D eigenvalue weighted by atomic mass is 16.3. The topological polar surface area (TPSA) is 20.2 Å². The molecule has 0 radical (unpaired) electrons. The fourth-order valence-corrected chi connectivity index (χ4v) is 9.26. The van der Waals surface area contributed by atoms with Gasteiger partial charge in [-0.3, -0.25) is 0 Å². The Bertz CT molecular complexity index is 540. The molecule has 9 atom stereocenters. The number of aliphatic hydroxyl groups excluding tert-OH is 1. The van der Waals surface area contributed by atoms with Crippen molar-refractivity contribution >= 4 is 0 Å². The molecule has 0 heterocycles. The van der Waals surface area contributed by atoms with Crippen LogP contribution in [0.15, 0.2) is 0 Å². The van der Waals surface area contributed by atoms with Crippen molar-refractivity contribution in [2.45, 2.75) is 118 Å². The third-order valence-corrected chi connectivity index (χ3v) is 10.8. The number of hydrogen-bond donors (Lipinski definition) is 1. The molecule has 1 nitrogen and oxygen atoms in total. The molecule has 0 amide bonds. The molecule has 0 spiro atoms. The van der Waals surface area contributed by atoms with Gasteiger partial charge in [0.05, 0.1) is 6.10 Å². The van der Waals surface area contributed by atoms with E-state index in [4.69, 9.17) is 0 Å². The molecule has 162 valence electrons. The van der Waals surface area contributed by atoms with E-state index in [-0.39, 0.29) is 6.10 Å². The molecule has 4 aliphatic carbocycles. The van der Waals surface area contributed by atoms with E-state index in [0.717, 1.165) is 54.3 Å². The first kappa shape index (κ1) is 21.2. The maximum atomic E-state index is 10.3. The summed E-state index contributed by atoms with van der Waals surface area (Å²) in [5.41, 5.74) is 1.15. The van der Waals surface area contributed by atoms with Crippen LogP contribution >= 0.6 is 0 Å². The molecule has 4 aliphatic rings. The van der Waals surface area contributed by atoms with Crippen LogP contribution in [0.5, 0.6) is 0 Å². The van der Waals surface area contributed by atoms with Crippen LogP contribution in [-0.2, 0) is 0 Å². The second-order valence-electron chi connectivity index (χ2n) is 12.6. The van der Waals surface area contributed by atoms with Crippen LogP contribution in [0.3, 0.4) is 0 Å². The molecule has 28 heavy (non-hydrogen) atoms. The van der Waals surface area contributed by atoms with E-state index in [0.29, 0.717) is 10.8 Å². The molecule has 4 fully saturated rings. The zero-order valence-corrected chi connectivity index (χ0v) is 19.6. The molecular formula is C27H48O. The van der Waals surface area contributed by atoms with E-state index in [9.17, 15) is 5.11 Å². The smallest absolute Gasteiger partial charge is 0.0543 e. The predicted octanol–water partition coefficient (Wildman–Crippen LogP) is 7.47. The molecule has 0 aromatic heterocycles. The SMILES string of the molecule is CC(C)CCC[C@@H](C)[C@H]1CC[C@H]2[C@@H]3CC[C@H]4C[C@H](O)CC[C@]4(C)[C@H]3CC[C@]12C. The summed E-state index contributed by atoms with van der Waals surface area (Å²) >= 11 is 0. The van der Waals surface area contributed by atoms with Crippen molar-refractivity contribution in [3.8, 4) is 0 Å². The van der Waals surface area contributed by atoms with Gasteiger partial charge in [0.1, 0.15) is 0 Å². The van der Waals surface area contributed by atoms with Crippen LogP contribution in [-0.4, -0.2) is 11.2 Å². The quantitative estimate of drug-likeness (QED) is 0.518. The van der Waals surface area contributed by atoms with Crippen molar-refractivity contribution in [2.75, 3.05) is 0 Å². The molecule has 0 saturated heterocycles. The summed E-state index contributed by atoms with van der Waals surface area (Å²) in [5.74, 6) is 6.49. The molecule has 4 saturated carbocycles. The van der Waals surface area contributed by atoms with Gasteiger partial charge in [0, 0.05) is 0 Å². The van der Waals surface area contributed by atoms with Gasteiger partial charge in [-0.05, 0) is 110 Å². The first-order valence-electron chi connectivity index (χ1n) is 12.9. The third-order valence-electron chi connectivity index (χ3n) is 10.8. The molecule has 0 aromatic rings. The Morgan fingerprint density at radius 3 is 2.29 bits per heavy atom. The van der Waals surface area contributed by atoms with Gasteiger partial charge in [-0.1, -0.05) is 53.9 Å². The largest absolute Gasteiger partial charge is 0.393 e. The fourth-order valence-electron chi connectivity index (χ4n) is 9.26. The van der Waals surface area contributed by atoms with E-state index in [2.05, 4.69) is 34.6 Å². The van der Waals surface area contributed by atoms with Gasteiger partial charge in [-0.25, -0.2) is 0 Å². The van der Waals surface area contributed by atoms with Gasteiger partial charge in [0.25, 0.3) is 0 Å². The van der Waals surface area contributed by atoms with Crippen molar-refractivity contribution in [2.24, 2.45) is 52.3 Å². The van der Waals surface area contributed by atoms with Gasteiger partial charge in [0.2, 0.25) is 0 Å². The monoisotopic (exact) mass is 388 g/mol. The minimum absolute atomic E-state index is 0.00830. The van der Waals surface area contributed by atoms with E-state index in [1.165, 1.54) is 64.2 Å². The summed E-state index contributed by atoms with van der Waals surface area (Å²) < 4.78 is 0. The van der Waals surface area contributed by atoms with Crippen LogP contribution < -0.4 is 0 Å². The van der Waals surface area contributed by atoms with Crippen molar-refractivity contribution < 1.29 is 5.11 Å². The number of fused-ring (bicyclic) bond motifs is 5. The molecule has 0 unspecified atom stereocenters. The predicted molar refractivity (Wildman–Crippen MR) is 119 cm³/mol. The number of rotatable bonds is 5. The first-order chi connectivity index (χ1) is 13.3. The summed E-state index contributed by atoms with van der Waals surface area (Å²) in [6.45, 7) is 12.7. The van der Waals surface area contributed by atoms with E-state index >= 15 is 0 Å². The molecule has 1 heteroatoms. The number of aliphatic hydroxyl groups is 1. The highest BCUT2D eigenvalue weighted by Gasteiger charge is 2.60. The van der Waals surface area contributed by atoms with Crippen molar-refractivity contribution in [1.82, 2.24) is 0 Å². The van der Waals surface area contributed by atoms with Gasteiger partial charge in [0.15, 0.2) is 0 Å². The van der Waals surface area contributed by atoms with Crippen molar-refractivity contribution in [1.29, 1.82) is 0 Å². The lowest BCUT2D eigenvalue weighted by molar-refractivity contribution is -0.129. The highest BCUT2D eigenvalue weighted by Crippen LogP contribution is 2.68. The van der Waals surface area contributed by atoms with Crippen LogP contribution in [0.2, 0.25) is 0 Å². The average Bonchev–Trinajstić information content (AvgIpc) is 2.99. The van der Waals surface area contributed by atoms with E-state index < -0.39 is 0 Å². The second-order valence-corrected chi connectivity index (χ2v) is 12.6. The zero-order valence-electron chi connectivity index (χ0n) is 19.6. The van der Waals surface area contributed by atoms with Crippen LogP contribution in [0.1, 0.15) is 112 Å². The molecule has 0 aliphatic heterocycles. The Kier molecular flexibility index (Phi) is 5.98. The molecule has 0 aromatic carbocycles. The average molecular weight is 389 g/mol. The highest BCUT2D eigenvalue weighted by molar-refractivity contribution is 5.09. The molecular weight excluding hydrogens is 340 g/mol. The summed E-state index contributed by atoms with van der Waals surface area (Å²) in [6, 6.07) is 0. The summed E-state index contributed by atoms with van der Waals surface area (Å²) in [5, 5.41) is 10.3. The Balaban J connectivity index is 1.46. The Hall–Kier alpha value is -0.0400. The molecule has 4 rings (SSSR count). The lowest BCUT2D eigenvalue weighted by Gasteiger charge is -2.61. The first-order valence-corrected chi connectivity index (χ1v) is 12.9. The maximum absolute atomic E-state index is 10.3. The Morgan fingerprint density at radius 1 is 0.821 bits per heavy atom. The number of hydrogen-bond acceptors (Lipinski definition) is 1. The lowest BCUT2D eigenvalue weighted by Crippen LogP contribution is -2.54. The van der Waals surface area contributed by atoms with Crippen LogP contribution in [0.25, 0.3) is 0 Å². The van der Waals surface area contributed by atoms with Gasteiger partial charge >= 0.3 is 0 Å². The third kappa shape index (κ3) is 3.50. The lowest BCUT2D eigenvalue weighted by atomic mass is 9.44. The molecule has 0 bridgehead atoms. The summed E-state index contributed by atoms with van der Waals surface area (Å²) in [4.78, 5) is 0. The van der Waals surface area contributed by atoms with Gasteiger partial charge in [-0.15, -0.1) is 0 Å². The van der Waals surface area contributed by atoms with E-state index in [1.807, 2.05) is 0 Å². The normalized spacial score (nSPS) is 49.4. The molecule has 1 N–H and O–H groups in total. The standard InChI is InChI=1S/C27H48O/c1-18(2)7-6-8-19(3)23-11-12-24-22-10-9-20-17-21(28)13-15-26(20,4)25(22)14-16-27(23,24)5/h18-25,28H,6-17H2,1-5H3/t19-,20+,21-,22+,23-,24+,25+,26+,27-/m1/s1. The summed E-state index contributed by atoms with van der Waals surface area (Å²) in [6.07, 6.45) is 16.6. The van der Waals surface area contributed by atoms with Gasteiger partial charge in [-0.2, -0.15) is 0 Å². The minimum atomic E-state index is -0.00830. The Labute approximate surface area is 175 Å². The maximum Gasteiger partial charge on any atom is 0.0543 e. The minimum Gasteiger partial charge on any atom is -0.393 e. The Morgan fingerprint density at radius 2 is 1.54 bits per heavy atom. The van der Waals surface area contributed by atoms with Crippen molar-refractivity contribution in [3.05, 3.63) is 0 Å². The van der Waals surface area contributed by atoms with Gasteiger partial charge < -0.3 is 5.11 Å². The second kappa shape index (κ2) is 7.90.